The van der Waals surface area contributed by atoms with Gasteiger partial charge in [-0.3, -0.25) is 4.90 Å². The van der Waals surface area contributed by atoms with Crippen molar-refractivity contribution in [2.24, 2.45) is 0 Å². The van der Waals surface area contributed by atoms with Gasteiger partial charge in [-0.25, -0.2) is 53.9 Å². The molecule has 9 aromatic carbocycles. The molecule has 0 radical (unpaired) electrons. The molecule has 0 saturated carbocycles. The molecule has 6 nitrogen and oxygen atoms in total. The highest BCUT2D eigenvalue weighted by atomic mass is 19.2. The second kappa shape index (κ2) is 19.0. The molecule has 0 aliphatic carbocycles. The van der Waals surface area contributed by atoms with Crippen molar-refractivity contribution in [1.29, 1.82) is 0 Å². The van der Waals surface area contributed by atoms with Crippen molar-refractivity contribution in [3.8, 4) is 45.4 Å². The number of aromatic nitrogens is 2. The Labute approximate surface area is 414 Å². The lowest BCUT2D eigenvalue weighted by molar-refractivity contribution is 0.380. The molecule has 0 atom stereocenters. The summed E-state index contributed by atoms with van der Waals surface area (Å²) in [5.41, 5.74) is -0.839. The molecule has 0 fully saturated rings. The molecule has 0 spiro atoms. The summed E-state index contributed by atoms with van der Waals surface area (Å²) in [4.78, 5) is 13.8. The minimum absolute atomic E-state index is 0.0834. The van der Waals surface area contributed by atoms with E-state index in [4.69, 9.17) is 4.74 Å². The van der Waals surface area contributed by atoms with E-state index >= 15 is 35.1 Å². The van der Waals surface area contributed by atoms with Crippen LogP contribution in [0.3, 0.4) is 0 Å². The van der Waals surface area contributed by atoms with Crippen LogP contribution in [-0.4, -0.2) is 9.97 Å². The standard InChI is InChI=1S/C58H31F10N5O/c59-47-45(48(60)52(64)55(67)51(47)63)38-31-37(69-58(70-38)46-49(61)53(65)56(68)54(66)50(46)62)32-29-41(71(33-17-5-1-6-18-33)34-19-7-2-8-20-34)57(73-39-25-13-15-27-43(39)74-44-28-16-14-26-40(44)73)42(30-32)72(35-21-9-3-10-22-35)36-23-11-4-12-24-36/h1-31H. The summed E-state index contributed by atoms with van der Waals surface area (Å²) in [6.07, 6.45) is 0. The van der Waals surface area contributed by atoms with Gasteiger partial charge in [0.15, 0.2) is 63.9 Å². The molecule has 0 saturated heterocycles. The molecule has 0 N–H and O–H groups in total. The molecule has 1 aliphatic heterocycles. The van der Waals surface area contributed by atoms with Gasteiger partial charge in [-0.1, -0.05) is 97.1 Å². The zero-order valence-corrected chi connectivity index (χ0v) is 37.8. The van der Waals surface area contributed by atoms with Crippen LogP contribution in [0.1, 0.15) is 0 Å². The molecule has 1 aromatic heterocycles. The first-order chi connectivity index (χ1) is 35.9. The minimum atomic E-state index is -2.54. The van der Waals surface area contributed by atoms with Gasteiger partial charge < -0.3 is 14.5 Å². The Kier molecular flexibility index (Phi) is 12.0. The molecule has 0 unspecified atom stereocenters. The third kappa shape index (κ3) is 7.96. The number of rotatable bonds is 10. The number of benzene rings is 9. The SMILES string of the molecule is Fc1c(F)c(F)c(-c2cc(-c3cc(N(c4ccccc4)c4ccccc4)c(N4c5ccccc5Oc5ccccc54)c(N(c4ccccc4)c4ccccc4)c3)nc(-c3c(F)c(F)c(F)c(F)c3F)n2)c(F)c1F. The van der Waals surface area contributed by atoms with E-state index in [9.17, 15) is 8.78 Å². The predicted molar refractivity (Wildman–Crippen MR) is 262 cm³/mol. The number of hydrogen-bond acceptors (Lipinski definition) is 6. The number of hydrogen-bond donors (Lipinski definition) is 0. The number of anilines is 9. The highest BCUT2D eigenvalue weighted by molar-refractivity contribution is 6.05. The van der Waals surface area contributed by atoms with Gasteiger partial charge in [-0.05, 0) is 91.0 Å². The fourth-order valence-corrected chi connectivity index (χ4v) is 8.90. The number of halogens is 10. The quantitative estimate of drug-likeness (QED) is 0.0773. The maximum Gasteiger partial charge on any atom is 0.200 e. The Morgan fingerprint density at radius 3 is 1.05 bits per heavy atom. The second-order valence-electron chi connectivity index (χ2n) is 16.6. The van der Waals surface area contributed by atoms with Crippen LogP contribution in [0, 0.1) is 58.2 Å². The van der Waals surface area contributed by atoms with E-state index in [0.29, 0.717) is 62.7 Å². The lowest BCUT2D eigenvalue weighted by Gasteiger charge is -2.40. The van der Waals surface area contributed by atoms with E-state index in [1.54, 1.807) is 109 Å². The third-order valence-corrected chi connectivity index (χ3v) is 12.2. The lowest BCUT2D eigenvalue weighted by Crippen LogP contribution is -2.23. The number of ether oxygens (including phenoxy) is 1. The first kappa shape index (κ1) is 46.9. The van der Waals surface area contributed by atoms with E-state index in [-0.39, 0.29) is 5.56 Å². The van der Waals surface area contributed by atoms with Crippen molar-refractivity contribution in [3.63, 3.8) is 0 Å². The highest BCUT2D eigenvalue weighted by Gasteiger charge is 2.36. The second-order valence-corrected chi connectivity index (χ2v) is 16.6. The van der Waals surface area contributed by atoms with Gasteiger partial charge in [-0.2, -0.15) is 0 Å². The van der Waals surface area contributed by atoms with Gasteiger partial charge in [0.1, 0.15) is 0 Å². The van der Waals surface area contributed by atoms with Crippen LogP contribution < -0.4 is 19.4 Å². The minimum Gasteiger partial charge on any atom is -0.453 e. The van der Waals surface area contributed by atoms with E-state index in [2.05, 4.69) is 9.97 Å². The Morgan fingerprint density at radius 1 is 0.338 bits per heavy atom. The van der Waals surface area contributed by atoms with Crippen LogP contribution in [0.4, 0.5) is 95.1 Å². The smallest absolute Gasteiger partial charge is 0.200 e. The fraction of sp³-hybridized carbons (Fsp3) is 0. The molecule has 364 valence electrons. The zero-order chi connectivity index (χ0) is 51.4. The molecule has 0 bridgehead atoms. The Bertz CT molecular complexity index is 3420. The molecule has 11 rings (SSSR count). The van der Waals surface area contributed by atoms with E-state index in [0.717, 1.165) is 6.07 Å². The number of nitrogens with zero attached hydrogens (tertiary/aromatic N) is 5. The van der Waals surface area contributed by atoms with Crippen molar-refractivity contribution in [2.75, 3.05) is 14.7 Å². The summed E-state index contributed by atoms with van der Waals surface area (Å²) in [5.74, 6) is -24.9. The number of fused-ring (bicyclic) bond motifs is 2. The van der Waals surface area contributed by atoms with Crippen molar-refractivity contribution in [3.05, 3.63) is 246 Å². The topological polar surface area (TPSA) is 44.7 Å². The van der Waals surface area contributed by atoms with Crippen LogP contribution >= 0.6 is 0 Å². The molecule has 0 amide bonds. The normalized spacial score (nSPS) is 11.7. The highest BCUT2D eigenvalue weighted by Crippen LogP contribution is 2.59. The lowest BCUT2D eigenvalue weighted by atomic mass is 9.99. The molecule has 1 aliphatic rings. The van der Waals surface area contributed by atoms with Gasteiger partial charge >= 0.3 is 0 Å². The summed E-state index contributed by atoms with van der Waals surface area (Å²) in [5, 5.41) is 0. The van der Waals surface area contributed by atoms with Crippen LogP contribution in [0.5, 0.6) is 11.5 Å². The van der Waals surface area contributed by atoms with E-state index < -0.39 is 86.5 Å². The average Bonchev–Trinajstić information content (AvgIpc) is 3.45. The van der Waals surface area contributed by atoms with Crippen LogP contribution in [0.25, 0.3) is 33.9 Å². The van der Waals surface area contributed by atoms with Gasteiger partial charge in [0.05, 0.1) is 51.0 Å². The summed E-state index contributed by atoms with van der Waals surface area (Å²) in [7, 11) is 0. The summed E-state index contributed by atoms with van der Waals surface area (Å²) in [6.45, 7) is 0. The van der Waals surface area contributed by atoms with Crippen molar-refractivity contribution >= 4 is 51.2 Å². The summed E-state index contributed by atoms with van der Waals surface area (Å²) >= 11 is 0. The van der Waals surface area contributed by atoms with Crippen LogP contribution in [0.2, 0.25) is 0 Å². The molecular formula is C58H31F10N5O. The molecule has 10 aromatic rings. The van der Waals surface area contributed by atoms with Crippen LogP contribution in [-0.2, 0) is 0 Å². The zero-order valence-electron chi connectivity index (χ0n) is 37.8. The molecule has 74 heavy (non-hydrogen) atoms. The Hall–Kier alpha value is -9.44. The van der Waals surface area contributed by atoms with Gasteiger partial charge in [0, 0.05) is 28.3 Å². The average molecular weight is 1000 g/mol. The maximum absolute atomic E-state index is 16.0. The molecular weight excluding hydrogens is 973 g/mol. The largest absolute Gasteiger partial charge is 0.453 e. The fourth-order valence-electron chi connectivity index (χ4n) is 8.90. The monoisotopic (exact) mass is 1000 g/mol. The summed E-state index contributed by atoms with van der Waals surface area (Å²) < 4.78 is 160. The van der Waals surface area contributed by atoms with E-state index in [1.807, 2.05) is 87.5 Å². The van der Waals surface area contributed by atoms with Gasteiger partial charge in [0.2, 0.25) is 11.6 Å². The first-order valence-corrected chi connectivity index (χ1v) is 22.5. The predicted octanol–water partition coefficient (Wildman–Crippen LogP) is 17.4. The van der Waals surface area contributed by atoms with Gasteiger partial charge in [-0.15, -0.1) is 0 Å². The summed E-state index contributed by atoms with van der Waals surface area (Å²) in [6, 6.07) is 54.6. The molecule has 16 heteroatoms. The third-order valence-electron chi connectivity index (χ3n) is 12.2. The van der Waals surface area contributed by atoms with Crippen molar-refractivity contribution in [1.82, 2.24) is 9.97 Å². The van der Waals surface area contributed by atoms with Crippen molar-refractivity contribution in [2.45, 2.75) is 0 Å². The maximum atomic E-state index is 16.0. The van der Waals surface area contributed by atoms with Gasteiger partial charge in [0.25, 0.3) is 0 Å². The Balaban J connectivity index is 1.35. The number of para-hydroxylation sites is 8. The Morgan fingerprint density at radius 2 is 0.662 bits per heavy atom. The first-order valence-electron chi connectivity index (χ1n) is 22.5. The van der Waals surface area contributed by atoms with Crippen molar-refractivity contribution < 1.29 is 48.6 Å². The van der Waals surface area contributed by atoms with E-state index in [1.165, 1.54) is 0 Å². The molecule has 2 heterocycles. The van der Waals surface area contributed by atoms with Crippen LogP contribution in [0.15, 0.2) is 188 Å².